The lowest BCUT2D eigenvalue weighted by Gasteiger charge is -2.29. The topological polar surface area (TPSA) is 9.23 Å². The van der Waals surface area contributed by atoms with E-state index in [4.69, 9.17) is 4.74 Å². The van der Waals surface area contributed by atoms with Crippen LogP contribution in [0.5, 0.6) is 5.75 Å². The molecule has 0 N–H and O–H groups in total. The fraction of sp³-hybridized carbons (Fsp3) is 0.571. The Balaban J connectivity index is 2.84. The molecule has 0 heterocycles. The summed E-state index contributed by atoms with van der Waals surface area (Å²) >= 11 is 3.54. The highest BCUT2D eigenvalue weighted by atomic mass is 79.9. The molecule has 0 amide bonds. The lowest BCUT2D eigenvalue weighted by molar-refractivity contribution is 0.266. The molecule has 1 nitrogen and oxygen atoms in total. The molecule has 1 unspecified atom stereocenters. The molecule has 0 fully saturated rings. The Hall–Kier alpha value is -0.570. The molecule has 1 aromatic carbocycles. The highest BCUT2D eigenvalue weighted by Gasteiger charge is 2.23. The Morgan fingerprint density at radius 3 is 2.41 bits per heavy atom. The van der Waals surface area contributed by atoms with Crippen molar-refractivity contribution >= 4 is 15.9 Å². The number of ether oxygens (including phenoxy) is 1. The summed E-state index contributed by atoms with van der Waals surface area (Å²) in [7, 11) is 1.48. The fourth-order valence-corrected chi connectivity index (χ4v) is 2.91. The molecule has 0 aliphatic heterocycles. The van der Waals surface area contributed by atoms with Crippen LogP contribution in [-0.2, 0) is 6.42 Å². The van der Waals surface area contributed by atoms with Crippen LogP contribution in [0.2, 0.25) is 0 Å². The van der Waals surface area contributed by atoms with Gasteiger partial charge >= 0.3 is 0 Å². The molecule has 0 radical (unpaired) electrons. The number of benzene rings is 1. The van der Waals surface area contributed by atoms with Gasteiger partial charge in [0.05, 0.1) is 7.11 Å². The van der Waals surface area contributed by atoms with Crippen LogP contribution in [0.3, 0.4) is 0 Å². The predicted molar refractivity (Wildman–Crippen MR) is 73.4 cm³/mol. The van der Waals surface area contributed by atoms with E-state index in [0.717, 1.165) is 17.3 Å². The quantitative estimate of drug-likeness (QED) is 0.748. The van der Waals surface area contributed by atoms with Crippen molar-refractivity contribution in [3.63, 3.8) is 0 Å². The van der Waals surface area contributed by atoms with Gasteiger partial charge in [-0.15, -0.1) is 0 Å². The molecule has 1 atom stereocenters. The molecule has 0 spiro atoms. The molecule has 17 heavy (non-hydrogen) atoms. The Bertz CT molecular complexity index is 371. The van der Waals surface area contributed by atoms with Crippen molar-refractivity contribution in [1.29, 1.82) is 0 Å². The minimum atomic E-state index is -0.285. The van der Waals surface area contributed by atoms with Crippen LogP contribution in [0.15, 0.2) is 18.2 Å². The Morgan fingerprint density at radius 1 is 1.35 bits per heavy atom. The molecular formula is C14H20BrFO. The summed E-state index contributed by atoms with van der Waals surface area (Å²) in [5, 5.41) is 0.921. The maximum Gasteiger partial charge on any atom is 0.165 e. The molecule has 1 rings (SSSR count). The van der Waals surface area contributed by atoms with Gasteiger partial charge in [-0.1, -0.05) is 42.8 Å². The zero-order chi connectivity index (χ0) is 13.1. The molecule has 1 aromatic rings. The molecule has 0 aliphatic rings. The summed E-state index contributed by atoms with van der Waals surface area (Å²) in [6, 6.07) is 5.20. The molecule has 0 aromatic heterocycles. The van der Waals surface area contributed by atoms with Gasteiger partial charge in [0.15, 0.2) is 11.6 Å². The fourth-order valence-electron chi connectivity index (χ4n) is 1.71. The van der Waals surface area contributed by atoms with Crippen LogP contribution in [0, 0.1) is 17.2 Å². The zero-order valence-electron chi connectivity index (χ0n) is 10.9. The van der Waals surface area contributed by atoms with Crippen LogP contribution in [0.1, 0.15) is 26.3 Å². The van der Waals surface area contributed by atoms with Crippen LogP contribution in [-0.4, -0.2) is 12.4 Å². The minimum Gasteiger partial charge on any atom is -0.494 e. The van der Waals surface area contributed by atoms with Crippen molar-refractivity contribution < 1.29 is 9.13 Å². The van der Waals surface area contributed by atoms with E-state index >= 15 is 0 Å². The van der Waals surface area contributed by atoms with Crippen LogP contribution in [0.4, 0.5) is 4.39 Å². The second kappa shape index (κ2) is 5.85. The molecule has 3 heteroatoms. The maximum absolute atomic E-state index is 13.6. The number of hydrogen-bond donors (Lipinski definition) is 0. The highest BCUT2D eigenvalue weighted by Crippen LogP contribution is 2.31. The largest absolute Gasteiger partial charge is 0.494 e. The first kappa shape index (κ1) is 14.5. The van der Waals surface area contributed by atoms with E-state index in [1.54, 1.807) is 12.1 Å². The predicted octanol–water partition coefficient (Wildman–Crippen LogP) is 4.43. The third kappa shape index (κ3) is 3.98. The standard InChI is InChI=1S/C14H20BrFO/c1-14(2,3)11(9-15)7-10-5-6-13(17-4)12(16)8-10/h5-6,8,11H,7,9H2,1-4H3. The minimum absolute atomic E-state index is 0.208. The number of halogens is 2. The van der Waals surface area contributed by atoms with E-state index < -0.39 is 0 Å². The van der Waals surface area contributed by atoms with E-state index in [1.165, 1.54) is 7.11 Å². The molecule has 96 valence electrons. The van der Waals surface area contributed by atoms with Gasteiger partial charge in [-0.2, -0.15) is 0 Å². The average molecular weight is 303 g/mol. The van der Waals surface area contributed by atoms with Crippen molar-refractivity contribution in [1.82, 2.24) is 0 Å². The number of rotatable bonds is 4. The maximum atomic E-state index is 13.6. The Morgan fingerprint density at radius 2 is 2.00 bits per heavy atom. The highest BCUT2D eigenvalue weighted by molar-refractivity contribution is 9.09. The van der Waals surface area contributed by atoms with Gasteiger partial charge in [-0.3, -0.25) is 0 Å². The van der Waals surface area contributed by atoms with Gasteiger partial charge < -0.3 is 4.74 Å². The summed E-state index contributed by atoms with van der Waals surface area (Å²) in [5.41, 5.74) is 1.22. The summed E-state index contributed by atoms with van der Waals surface area (Å²) in [6.45, 7) is 6.62. The van der Waals surface area contributed by atoms with E-state index in [-0.39, 0.29) is 11.2 Å². The van der Waals surface area contributed by atoms with Crippen molar-refractivity contribution in [2.24, 2.45) is 11.3 Å². The van der Waals surface area contributed by atoms with Gasteiger partial charge in [0.1, 0.15) is 0 Å². The first-order valence-corrected chi connectivity index (χ1v) is 6.89. The van der Waals surface area contributed by atoms with Gasteiger partial charge in [0.25, 0.3) is 0 Å². The monoisotopic (exact) mass is 302 g/mol. The van der Waals surface area contributed by atoms with E-state index in [9.17, 15) is 4.39 Å². The van der Waals surface area contributed by atoms with E-state index in [1.807, 2.05) is 6.07 Å². The number of alkyl halides is 1. The molecule has 0 saturated carbocycles. The summed E-state index contributed by atoms with van der Waals surface area (Å²) in [6.07, 6.45) is 0.871. The van der Waals surface area contributed by atoms with Crippen molar-refractivity contribution in [3.8, 4) is 5.75 Å². The van der Waals surface area contributed by atoms with Gasteiger partial charge in [-0.25, -0.2) is 4.39 Å². The van der Waals surface area contributed by atoms with Gasteiger partial charge in [0, 0.05) is 5.33 Å². The lowest BCUT2D eigenvalue weighted by atomic mass is 9.78. The van der Waals surface area contributed by atoms with Gasteiger partial charge in [0.2, 0.25) is 0 Å². The number of hydrogen-bond acceptors (Lipinski definition) is 1. The Labute approximate surface area is 111 Å². The van der Waals surface area contributed by atoms with Gasteiger partial charge in [-0.05, 0) is 35.4 Å². The normalized spacial score (nSPS) is 13.5. The van der Waals surface area contributed by atoms with Crippen LogP contribution < -0.4 is 4.74 Å². The Kier molecular flexibility index (Phi) is 4.99. The van der Waals surface area contributed by atoms with Crippen LogP contribution in [0.25, 0.3) is 0 Å². The average Bonchev–Trinajstić information content (AvgIpc) is 2.24. The third-order valence-corrected chi connectivity index (χ3v) is 3.89. The van der Waals surface area contributed by atoms with E-state index in [2.05, 4.69) is 36.7 Å². The first-order chi connectivity index (χ1) is 7.88. The zero-order valence-corrected chi connectivity index (χ0v) is 12.5. The van der Waals surface area contributed by atoms with Crippen molar-refractivity contribution in [2.75, 3.05) is 12.4 Å². The SMILES string of the molecule is COc1ccc(CC(CBr)C(C)(C)C)cc1F. The molecule has 0 saturated heterocycles. The third-order valence-electron chi connectivity index (χ3n) is 3.11. The molecular weight excluding hydrogens is 283 g/mol. The van der Waals surface area contributed by atoms with Crippen molar-refractivity contribution in [2.45, 2.75) is 27.2 Å². The summed E-state index contributed by atoms with van der Waals surface area (Å²) in [5.74, 6) is 0.502. The smallest absolute Gasteiger partial charge is 0.165 e. The van der Waals surface area contributed by atoms with Crippen LogP contribution >= 0.6 is 15.9 Å². The second-order valence-electron chi connectivity index (χ2n) is 5.39. The van der Waals surface area contributed by atoms with Crippen molar-refractivity contribution in [3.05, 3.63) is 29.6 Å². The molecule has 0 aliphatic carbocycles. The lowest BCUT2D eigenvalue weighted by Crippen LogP contribution is -2.24. The number of methoxy groups -OCH3 is 1. The second-order valence-corrected chi connectivity index (χ2v) is 6.04. The molecule has 0 bridgehead atoms. The first-order valence-electron chi connectivity index (χ1n) is 5.77. The summed E-state index contributed by atoms with van der Waals surface area (Å²) < 4.78 is 18.5. The van der Waals surface area contributed by atoms with E-state index in [0.29, 0.717) is 11.7 Å². The summed E-state index contributed by atoms with van der Waals surface area (Å²) in [4.78, 5) is 0.